The van der Waals surface area contributed by atoms with E-state index >= 15 is 0 Å². The van der Waals surface area contributed by atoms with Gasteiger partial charge < -0.3 is 9.84 Å². The Balaban J connectivity index is 1.20. The zero-order valence-electron chi connectivity index (χ0n) is 22.1. The fourth-order valence-electron chi connectivity index (χ4n) is 4.96. The predicted octanol–water partition coefficient (Wildman–Crippen LogP) is 5.00. The number of H-pyrrole nitrogens is 1. The number of aromatic nitrogens is 5. The minimum atomic E-state index is -0.181. The molecule has 0 bridgehead atoms. The number of aryl methyl sites for hydroxylation is 1. The van der Waals surface area contributed by atoms with E-state index in [-0.39, 0.29) is 30.1 Å². The third kappa shape index (κ3) is 5.77. The first kappa shape index (κ1) is 26.3. The van der Waals surface area contributed by atoms with Crippen LogP contribution in [0.1, 0.15) is 42.2 Å². The molecule has 2 heterocycles. The molecule has 0 fully saturated rings. The van der Waals surface area contributed by atoms with Gasteiger partial charge in [-0.15, -0.1) is 5.10 Å². The van der Waals surface area contributed by atoms with Gasteiger partial charge in [-0.25, -0.2) is 4.68 Å². The van der Waals surface area contributed by atoms with Crippen molar-refractivity contribution < 1.29 is 9.84 Å². The summed E-state index contributed by atoms with van der Waals surface area (Å²) in [6, 6.07) is 25.2. The summed E-state index contributed by atoms with van der Waals surface area (Å²) < 4.78 is 9.22. The molecule has 0 saturated heterocycles. The smallest absolute Gasteiger partial charge is 0.279 e. The molecule has 0 spiro atoms. The Morgan fingerprint density at radius 3 is 2.46 bits per heavy atom. The number of hydrogen-bond donors (Lipinski definition) is 2. The van der Waals surface area contributed by atoms with Gasteiger partial charge in [0.2, 0.25) is 0 Å². The van der Waals surface area contributed by atoms with Crippen molar-refractivity contribution in [3.63, 3.8) is 0 Å². The lowest BCUT2D eigenvalue weighted by Crippen LogP contribution is -2.15. The number of aliphatic hydroxyl groups is 1. The number of nitrogens with one attached hydrogen (secondary N) is 1. The predicted molar refractivity (Wildman–Crippen MR) is 152 cm³/mol. The van der Waals surface area contributed by atoms with E-state index in [9.17, 15) is 9.90 Å². The largest absolute Gasteiger partial charge is 0.395 e. The van der Waals surface area contributed by atoms with Crippen molar-refractivity contribution in [2.75, 3.05) is 13.7 Å². The molecule has 0 aliphatic rings. The van der Waals surface area contributed by atoms with E-state index in [0.717, 1.165) is 34.4 Å². The van der Waals surface area contributed by atoms with E-state index < -0.39 is 0 Å². The summed E-state index contributed by atoms with van der Waals surface area (Å²) in [4.78, 5) is 12.8. The second-order valence-electron chi connectivity index (χ2n) is 9.67. The molecular weight excluding hydrogens is 490 g/mol. The SMILES string of the molecule is CO[C@@H](c1ccc(-n2[nH]c3ccccc3c2=O)cc1)[C@@H](C)/C=C/CCn1cc(C(CO)c2ccccc2)nn1. The summed E-state index contributed by atoms with van der Waals surface area (Å²) in [5, 5.41) is 22.3. The maximum Gasteiger partial charge on any atom is 0.279 e. The molecule has 0 radical (unpaired) electrons. The van der Waals surface area contributed by atoms with Gasteiger partial charge in [0, 0.05) is 25.8 Å². The third-order valence-electron chi connectivity index (χ3n) is 7.07. The molecule has 5 aromatic rings. The normalized spacial score (nSPS) is 14.1. The molecular formula is C31H33N5O3. The van der Waals surface area contributed by atoms with Crippen LogP contribution in [0.3, 0.4) is 0 Å². The second kappa shape index (κ2) is 12.1. The quantitative estimate of drug-likeness (QED) is 0.237. The van der Waals surface area contributed by atoms with Crippen LogP contribution in [0.4, 0.5) is 0 Å². The van der Waals surface area contributed by atoms with E-state index in [1.165, 1.54) is 0 Å². The number of ether oxygens (including phenoxy) is 1. The van der Waals surface area contributed by atoms with Crippen LogP contribution in [0.2, 0.25) is 0 Å². The standard InChI is InChI=1S/C31H33N5O3/c1-22(10-8-9-19-35-20-29(32-34-35)27(21-37)23-11-4-3-5-12-23)30(39-2)24-15-17-25(18-16-24)36-31(38)26-13-6-7-14-28(26)33-36/h3-8,10-18,20,22,27,30,33,37H,9,19,21H2,1-2H3/b10-8+/t22-,27?,30+/m0/s1. The van der Waals surface area contributed by atoms with Crippen LogP contribution in [-0.4, -0.2) is 43.6 Å². The Labute approximate surface area is 227 Å². The van der Waals surface area contributed by atoms with E-state index in [0.29, 0.717) is 11.9 Å². The van der Waals surface area contributed by atoms with Gasteiger partial charge in [-0.05, 0) is 41.8 Å². The number of nitrogens with zero attached hydrogens (tertiary/aromatic N) is 4. The molecule has 0 aliphatic heterocycles. The minimum Gasteiger partial charge on any atom is -0.395 e. The summed E-state index contributed by atoms with van der Waals surface area (Å²) in [6.07, 6.45) is 6.87. The van der Waals surface area contributed by atoms with E-state index in [1.54, 1.807) is 11.8 Å². The number of methoxy groups -OCH3 is 1. The van der Waals surface area contributed by atoms with Crippen LogP contribution in [0.25, 0.3) is 16.6 Å². The Hall–Kier alpha value is -4.27. The number of fused-ring (bicyclic) bond motifs is 1. The first-order valence-electron chi connectivity index (χ1n) is 13.1. The van der Waals surface area contributed by atoms with Crippen molar-refractivity contribution in [3.05, 3.63) is 124 Å². The van der Waals surface area contributed by atoms with E-state index in [2.05, 4.69) is 34.5 Å². The summed E-state index contributed by atoms with van der Waals surface area (Å²) in [5.41, 5.74) is 4.35. The van der Waals surface area contributed by atoms with Crippen molar-refractivity contribution in [1.29, 1.82) is 0 Å². The number of rotatable bonds is 11. The first-order valence-corrected chi connectivity index (χ1v) is 13.1. The third-order valence-corrected chi connectivity index (χ3v) is 7.07. The van der Waals surface area contributed by atoms with Crippen molar-refractivity contribution in [3.8, 4) is 5.69 Å². The van der Waals surface area contributed by atoms with Crippen LogP contribution in [-0.2, 0) is 11.3 Å². The highest BCUT2D eigenvalue weighted by molar-refractivity contribution is 5.78. The van der Waals surface area contributed by atoms with Crippen LogP contribution in [0, 0.1) is 5.92 Å². The molecule has 3 aromatic carbocycles. The molecule has 0 aliphatic carbocycles. The van der Waals surface area contributed by atoms with E-state index in [1.807, 2.05) is 89.7 Å². The summed E-state index contributed by atoms with van der Waals surface area (Å²) >= 11 is 0. The second-order valence-corrected chi connectivity index (χ2v) is 9.67. The Morgan fingerprint density at radius 1 is 1.00 bits per heavy atom. The Kier molecular flexibility index (Phi) is 8.15. The molecule has 2 N–H and O–H groups in total. The Bertz CT molecular complexity index is 1580. The van der Waals surface area contributed by atoms with Crippen LogP contribution >= 0.6 is 0 Å². The topological polar surface area (TPSA) is 98.0 Å². The van der Waals surface area contributed by atoms with E-state index in [4.69, 9.17) is 4.74 Å². The van der Waals surface area contributed by atoms with Gasteiger partial charge in [-0.2, -0.15) is 0 Å². The summed E-state index contributed by atoms with van der Waals surface area (Å²) in [7, 11) is 1.71. The number of aromatic amines is 1. The van der Waals surface area contributed by atoms with Crippen molar-refractivity contribution in [2.24, 2.45) is 5.92 Å². The number of para-hydroxylation sites is 1. The van der Waals surface area contributed by atoms with Gasteiger partial charge >= 0.3 is 0 Å². The average Bonchev–Trinajstić information content (AvgIpc) is 3.57. The van der Waals surface area contributed by atoms with Gasteiger partial charge in [-0.3, -0.25) is 14.6 Å². The maximum atomic E-state index is 12.8. The maximum absolute atomic E-state index is 12.8. The molecule has 0 amide bonds. The van der Waals surface area contributed by atoms with Gasteiger partial charge in [0.05, 0.1) is 40.9 Å². The molecule has 5 rings (SSSR count). The first-order chi connectivity index (χ1) is 19.1. The van der Waals surface area contributed by atoms with Gasteiger partial charge in [0.15, 0.2) is 0 Å². The van der Waals surface area contributed by atoms with Gasteiger partial charge in [0.25, 0.3) is 5.56 Å². The van der Waals surface area contributed by atoms with Gasteiger partial charge in [-0.1, -0.05) is 78.9 Å². The molecule has 2 aromatic heterocycles. The van der Waals surface area contributed by atoms with Crippen LogP contribution < -0.4 is 5.56 Å². The lowest BCUT2D eigenvalue weighted by molar-refractivity contribution is 0.0740. The lowest BCUT2D eigenvalue weighted by atomic mass is 9.96. The van der Waals surface area contributed by atoms with Crippen LogP contribution in [0.5, 0.6) is 0 Å². The molecule has 39 heavy (non-hydrogen) atoms. The molecule has 1 unspecified atom stereocenters. The molecule has 200 valence electrons. The number of hydrogen-bond acceptors (Lipinski definition) is 5. The zero-order chi connectivity index (χ0) is 27.2. The molecule has 3 atom stereocenters. The Morgan fingerprint density at radius 2 is 1.74 bits per heavy atom. The molecule has 0 saturated carbocycles. The molecule has 8 heteroatoms. The highest BCUT2D eigenvalue weighted by Crippen LogP contribution is 2.27. The fraction of sp³-hybridized carbons (Fsp3) is 0.258. The van der Waals surface area contributed by atoms with Crippen molar-refractivity contribution in [2.45, 2.75) is 31.9 Å². The van der Waals surface area contributed by atoms with Gasteiger partial charge in [0.1, 0.15) is 0 Å². The summed E-state index contributed by atoms with van der Waals surface area (Å²) in [5.74, 6) is -0.0427. The summed E-state index contributed by atoms with van der Waals surface area (Å²) in [6.45, 7) is 2.80. The number of aliphatic hydroxyl groups excluding tert-OH is 1. The lowest BCUT2D eigenvalue weighted by Gasteiger charge is -2.21. The fourth-order valence-corrected chi connectivity index (χ4v) is 4.96. The van der Waals surface area contributed by atoms with Crippen molar-refractivity contribution >= 4 is 10.9 Å². The zero-order valence-corrected chi connectivity index (χ0v) is 22.1. The average molecular weight is 524 g/mol. The number of allylic oxidation sites excluding steroid dienone is 1. The molecule has 8 nitrogen and oxygen atoms in total. The van der Waals surface area contributed by atoms with Crippen LogP contribution in [0.15, 0.2) is 102 Å². The number of benzene rings is 3. The highest BCUT2D eigenvalue weighted by atomic mass is 16.5. The highest BCUT2D eigenvalue weighted by Gasteiger charge is 2.18. The minimum absolute atomic E-state index is 0.0159. The monoisotopic (exact) mass is 523 g/mol. The van der Waals surface area contributed by atoms with Crippen molar-refractivity contribution in [1.82, 2.24) is 24.8 Å².